The minimum Gasteiger partial charge on any atom is -0.494 e. The van der Waals surface area contributed by atoms with Crippen LogP contribution in [0.4, 0.5) is 4.79 Å². The largest absolute Gasteiger partial charge is 0.494 e. The molecule has 3 aromatic rings. The maximum Gasteiger partial charge on any atom is 0.423 e. The van der Waals surface area contributed by atoms with Gasteiger partial charge in [0.1, 0.15) is 6.61 Å². The fourth-order valence-corrected chi connectivity index (χ4v) is 3.58. The number of aryl methyl sites for hydroxylation is 2. The molecule has 0 radical (unpaired) electrons. The molecule has 0 spiro atoms. The molecule has 0 amide bonds. The van der Waals surface area contributed by atoms with Crippen molar-refractivity contribution in [3.63, 3.8) is 0 Å². The highest BCUT2D eigenvalue weighted by molar-refractivity contribution is 5.80. The van der Waals surface area contributed by atoms with E-state index in [9.17, 15) is 15.0 Å². The van der Waals surface area contributed by atoms with Gasteiger partial charge >= 0.3 is 6.09 Å². The number of hydrogen-bond acceptors (Lipinski definition) is 4. The summed E-state index contributed by atoms with van der Waals surface area (Å²) in [6.45, 7) is 4.24. The van der Waals surface area contributed by atoms with E-state index in [4.69, 9.17) is 4.74 Å². The SMILES string of the molecule is Cc1ccc2c(c1)-c1cc(C)ccc1C2COC(=O)n1c(O)ccc1O. The van der Waals surface area contributed by atoms with Crippen LogP contribution < -0.4 is 0 Å². The highest BCUT2D eigenvalue weighted by Crippen LogP contribution is 2.45. The summed E-state index contributed by atoms with van der Waals surface area (Å²) >= 11 is 0. The predicted molar refractivity (Wildman–Crippen MR) is 97.7 cm³/mol. The maximum atomic E-state index is 12.3. The number of hydrogen-bond donors (Lipinski definition) is 2. The van der Waals surface area contributed by atoms with Crippen LogP contribution in [-0.2, 0) is 4.74 Å². The Morgan fingerprint density at radius 2 is 1.42 bits per heavy atom. The van der Waals surface area contributed by atoms with Gasteiger partial charge in [0, 0.05) is 18.1 Å². The van der Waals surface area contributed by atoms with Gasteiger partial charge in [-0.05, 0) is 36.1 Å². The summed E-state index contributed by atoms with van der Waals surface area (Å²) in [6.07, 6.45) is -0.806. The van der Waals surface area contributed by atoms with Crippen LogP contribution in [0, 0.1) is 13.8 Å². The van der Waals surface area contributed by atoms with Crippen molar-refractivity contribution in [3.8, 4) is 22.9 Å². The second-order valence-electron chi connectivity index (χ2n) is 6.70. The molecule has 0 unspecified atom stereocenters. The van der Waals surface area contributed by atoms with Crippen molar-refractivity contribution in [1.29, 1.82) is 0 Å². The van der Waals surface area contributed by atoms with E-state index in [-0.39, 0.29) is 24.3 Å². The quantitative estimate of drug-likeness (QED) is 0.723. The van der Waals surface area contributed by atoms with Crippen molar-refractivity contribution in [2.75, 3.05) is 6.61 Å². The van der Waals surface area contributed by atoms with Gasteiger partial charge in [0.15, 0.2) is 0 Å². The smallest absolute Gasteiger partial charge is 0.423 e. The van der Waals surface area contributed by atoms with Gasteiger partial charge in [-0.2, -0.15) is 4.57 Å². The molecule has 5 nitrogen and oxygen atoms in total. The molecule has 0 atom stereocenters. The number of carbonyl (C=O) groups excluding carboxylic acids is 1. The first kappa shape index (κ1) is 16.3. The van der Waals surface area contributed by atoms with Gasteiger partial charge in [-0.3, -0.25) is 0 Å². The fraction of sp³-hybridized carbons (Fsp3) is 0.190. The lowest BCUT2D eigenvalue weighted by Crippen LogP contribution is -2.17. The molecule has 2 N–H and O–H groups in total. The van der Waals surface area contributed by atoms with Gasteiger partial charge in [0.25, 0.3) is 0 Å². The normalized spacial score (nSPS) is 12.7. The molecule has 0 saturated heterocycles. The highest BCUT2D eigenvalue weighted by Gasteiger charge is 2.30. The topological polar surface area (TPSA) is 71.7 Å². The first-order valence-electron chi connectivity index (χ1n) is 8.44. The van der Waals surface area contributed by atoms with Crippen LogP contribution in [-0.4, -0.2) is 27.5 Å². The third-order valence-electron chi connectivity index (χ3n) is 4.85. The van der Waals surface area contributed by atoms with E-state index in [1.807, 2.05) is 0 Å². The van der Waals surface area contributed by atoms with E-state index in [0.717, 1.165) is 26.8 Å². The van der Waals surface area contributed by atoms with Crippen LogP contribution in [0.15, 0.2) is 48.5 Å². The monoisotopic (exact) mass is 349 g/mol. The number of ether oxygens (including phenoxy) is 1. The van der Waals surface area contributed by atoms with Gasteiger partial charge in [-0.15, -0.1) is 0 Å². The zero-order valence-corrected chi connectivity index (χ0v) is 14.6. The molecule has 26 heavy (non-hydrogen) atoms. The van der Waals surface area contributed by atoms with E-state index in [2.05, 4.69) is 50.2 Å². The van der Waals surface area contributed by atoms with Gasteiger partial charge in [-0.25, -0.2) is 4.79 Å². The highest BCUT2D eigenvalue weighted by atomic mass is 16.6. The number of rotatable bonds is 2. The molecule has 5 heteroatoms. The van der Waals surface area contributed by atoms with E-state index in [0.29, 0.717) is 0 Å². The Labute approximate surface area is 151 Å². The second-order valence-corrected chi connectivity index (χ2v) is 6.70. The molecule has 1 aromatic heterocycles. The molecule has 132 valence electrons. The van der Waals surface area contributed by atoms with Crippen molar-refractivity contribution in [3.05, 3.63) is 70.8 Å². The van der Waals surface area contributed by atoms with Crippen LogP contribution in [0.3, 0.4) is 0 Å². The Morgan fingerprint density at radius 3 is 1.92 bits per heavy atom. The van der Waals surface area contributed by atoms with Crippen LogP contribution >= 0.6 is 0 Å². The minimum atomic E-state index is -0.806. The number of nitrogens with zero attached hydrogens (tertiary/aromatic N) is 1. The molecule has 4 rings (SSSR count). The standard InChI is InChI=1S/C21H19NO4/c1-12-3-5-14-16(9-12)17-10-13(2)4-6-15(17)18(14)11-26-21(25)22-19(23)7-8-20(22)24/h3-10,18,23-24H,11H2,1-2H3. The number of carbonyl (C=O) groups is 1. The molecular formula is C21H19NO4. The average Bonchev–Trinajstić information content (AvgIpc) is 3.09. The van der Waals surface area contributed by atoms with E-state index < -0.39 is 6.09 Å². The van der Waals surface area contributed by atoms with Crippen molar-refractivity contribution in [2.45, 2.75) is 19.8 Å². The number of aromatic hydroxyl groups is 2. The third-order valence-corrected chi connectivity index (χ3v) is 4.85. The second kappa shape index (κ2) is 5.95. The minimum absolute atomic E-state index is 0.0787. The number of fused-ring (bicyclic) bond motifs is 3. The molecule has 0 aliphatic heterocycles. The summed E-state index contributed by atoms with van der Waals surface area (Å²) < 4.78 is 6.15. The Kier molecular flexibility index (Phi) is 3.72. The molecule has 2 aromatic carbocycles. The summed E-state index contributed by atoms with van der Waals surface area (Å²) in [5.74, 6) is -0.790. The van der Waals surface area contributed by atoms with E-state index >= 15 is 0 Å². The van der Waals surface area contributed by atoms with Gasteiger partial charge in [-0.1, -0.05) is 47.5 Å². The van der Waals surface area contributed by atoms with Crippen molar-refractivity contribution in [2.24, 2.45) is 0 Å². The van der Waals surface area contributed by atoms with Crippen LogP contribution in [0.2, 0.25) is 0 Å². The Balaban J connectivity index is 1.66. The molecule has 1 heterocycles. The lowest BCUT2D eigenvalue weighted by molar-refractivity contribution is 0.139. The first-order valence-corrected chi connectivity index (χ1v) is 8.44. The molecular weight excluding hydrogens is 330 g/mol. The Hall–Kier alpha value is -3.21. The van der Waals surface area contributed by atoms with Gasteiger partial charge in [0.05, 0.1) is 0 Å². The molecule has 1 aliphatic carbocycles. The lowest BCUT2D eigenvalue weighted by atomic mass is 9.97. The van der Waals surface area contributed by atoms with Gasteiger partial charge < -0.3 is 14.9 Å². The van der Waals surface area contributed by atoms with Crippen molar-refractivity contribution >= 4 is 6.09 Å². The fourth-order valence-electron chi connectivity index (χ4n) is 3.58. The third kappa shape index (κ3) is 2.52. The Morgan fingerprint density at radius 1 is 0.923 bits per heavy atom. The number of benzene rings is 2. The Bertz CT molecular complexity index is 948. The summed E-state index contributed by atoms with van der Waals surface area (Å²) in [7, 11) is 0. The summed E-state index contributed by atoms with van der Waals surface area (Å²) in [4.78, 5) is 12.3. The average molecular weight is 349 g/mol. The molecule has 0 saturated carbocycles. The van der Waals surface area contributed by atoms with E-state index in [1.165, 1.54) is 23.3 Å². The number of aromatic nitrogens is 1. The van der Waals surface area contributed by atoms with E-state index in [1.54, 1.807) is 0 Å². The summed E-state index contributed by atoms with van der Waals surface area (Å²) in [5, 5.41) is 19.3. The molecule has 0 bridgehead atoms. The lowest BCUT2D eigenvalue weighted by Gasteiger charge is -2.15. The maximum absolute atomic E-state index is 12.3. The van der Waals surface area contributed by atoms with Crippen molar-refractivity contribution < 1.29 is 19.7 Å². The van der Waals surface area contributed by atoms with Crippen LogP contribution in [0.5, 0.6) is 11.8 Å². The molecule has 1 aliphatic rings. The summed E-state index contributed by atoms with van der Waals surface area (Å²) in [6, 6.07) is 15.0. The zero-order valence-electron chi connectivity index (χ0n) is 14.6. The predicted octanol–water partition coefficient (Wildman–Crippen LogP) is 4.31. The van der Waals surface area contributed by atoms with Crippen molar-refractivity contribution in [1.82, 2.24) is 4.57 Å². The molecule has 0 fully saturated rings. The van der Waals surface area contributed by atoms with Crippen LogP contribution in [0.1, 0.15) is 28.2 Å². The van der Waals surface area contributed by atoms with Crippen LogP contribution in [0.25, 0.3) is 11.1 Å². The first-order chi connectivity index (χ1) is 12.5. The van der Waals surface area contributed by atoms with Gasteiger partial charge in [0.2, 0.25) is 11.8 Å². The zero-order chi connectivity index (χ0) is 18.4. The summed E-state index contributed by atoms with van der Waals surface area (Å²) in [5.41, 5.74) is 6.91.